The Morgan fingerprint density at radius 3 is 2.79 bits per heavy atom. The standard InChI is InChI=1S/C12H14OS/c1-12(2)8-7-9-5-4-6-10(13-3)11(9)14-12/h4-8H,1-3H3. The quantitative estimate of drug-likeness (QED) is 0.694. The normalized spacial score (nSPS) is 17.6. The van der Waals surface area contributed by atoms with Gasteiger partial charge in [-0.15, -0.1) is 11.8 Å². The molecule has 0 saturated heterocycles. The number of hydrogen-bond donors (Lipinski definition) is 0. The topological polar surface area (TPSA) is 9.23 Å². The molecule has 1 heterocycles. The highest BCUT2D eigenvalue weighted by Crippen LogP contribution is 2.44. The summed E-state index contributed by atoms with van der Waals surface area (Å²) >= 11 is 1.85. The van der Waals surface area contributed by atoms with E-state index in [-0.39, 0.29) is 4.75 Å². The third-order valence-corrected chi connectivity index (χ3v) is 3.56. The smallest absolute Gasteiger partial charge is 0.133 e. The van der Waals surface area contributed by atoms with E-state index in [1.54, 1.807) is 7.11 Å². The molecule has 1 aliphatic heterocycles. The molecule has 0 saturated carbocycles. The van der Waals surface area contributed by atoms with Gasteiger partial charge >= 0.3 is 0 Å². The predicted molar refractivity (Wildman–Crippen MR) is 62.0 cm³/mol. The van der Waals surface area contributed by atoms with Gasteiger partial charge in [0.15, 0.2) is 0 Å². The maximum Gasteiger partial charge on any atom is 0.133 e. The second kappa shape index (κ2) is 3.35. The summed E-state index contributed by atoms with van der Waals surface area (Å²) in [5, 5.41) is 0. The lowest BCUT2D eigenvalue weighted by Gasteiger charge is -2.26. The largest absolute Gasteiger partial charge is 0.496 e. The Morgan fingerprint density at radius 1 is 1.29 bits per heavy atom. The van der Waals surface area contributed by atoms with Gasteiger partial charge in [-0.05, 0) is 25.5 Å². The Labute approximate surface area is 89.2 Å². The number of thioether (sulfide) groups is 1. The van der Waals surface area contributed by atoms with Crippen LogP contribution in [0.25, 0.3) is 6.08 Å². The summed E-state index contributed by atoms with van der Waals surface area (Å²) in [6.07, 6.45) is 4.41. The first-order valence-corrected chi connectivity index (χ1v) is 5.49. The van der Waals surface area contributed by atoms with E-state index in [1.165, 1.54) is 10.5 Å². The fourth-order valence-corrected chi connectivity index (χ4v) is 2.69. The number of ether oxygens (including phenoxy) is 1. The molecule has 14 heavy (non-hydrogen) atoms. The van der Waals surface area contributed by atoms with Crippen LogP contribution in [-0.4, -0.2) is 11.9 Å². The fourth-order valence-electron chi connectivity index (χ4n) is 1.52. The minimum absolute atomic E-state index is 0.168. The van der Waals surface area contributed by atoms with Crippen LogP contribution >= 0.6 is 11.8 Å². The van der Waals surface area contributed by atoms with Crippen molar-refractivity contribution in [1.29, 1.82) is 0 Å². The summed E-state index contributed by atoms with van der Waals surface area (Å²) < 4.78 is 5.52. The predicted octanol–water partition coefficient (Wildman–Crippen LogP) is 3.59. The molecule has 0 unspecified atom stereocenters. The van der Waals surface area contributed by atoms with Crippen molar-refractivity contribution < 1.29 is 4.74 Å². The average Bonchev–Trinajstić information content (AvgIpc) is 2.15. The molecule has 0 N–H and O–H groups in total. The van der Waals surface area contributed by atoms with E-state index in [4.69, 9.17) is 4.74 Å². The maximum atomic E-state index is 5.35. The Bertz CT molecular complexity index is 380. The SMILES string of the molecule is COc1cccc2c1SC(C)(C)C=C2. The van der Waals surface area contributed by atoms with Gasteiger partial charge in [0.2, 0.25) is 0 Å². The zero-order valence-corrected chi connectivity index (χ0v) is 9.52. The molecule has 1 aromatic carbocycles. The lowest BCUT2D eigenvalue weighted by molar-refractivity contribution is 0.404. The number of methoxy groups -OCH3 is 1. The molecule has 0 fully saturated rings. The van der Waals surface area contributed by atoms with Crippen molar-refractivity contribution in [3.8, 4) is 5.75 Å². The summed E-state index contributed by atoms with van der Waals surface area (Å²) in [7, 11) is 1.72. The Hall–Kier alpha value is -0.890. The van der Waals surface area contributed by atoms with E-state index in [0.29, 0.717) is 0 Å². The first kappa shape index (κ1) is 9.66. The third-order valence-electron chi connectivity index (χ3n) is 2.26. The van der Waals surface area contributed by atoms with Crippen molar-refractivity contribution in [2.24, 2.45) is 0 Å². The Balaban J connectivity index is 2.51. The molecule has 0 aromatic heterocycles. The second-order valence-electron chi connectivity index (χ2n) is 3.92. The van der Waals surface area contributed by atoms with Crippen molar-refractivity contribution in [1.82, 2.24) is 0 Å². The van der Waals surface area contributed by atoms with Crippen LogP contribution in [0.1, 0.15) is 19.4 Å². The lowest BCUT2D eigenvalue weighted by atomic mass is 10.1. The molecule has 74 valence electrons. The van der Waals surface area contributed by atoms with Gasteiger partial charge in [0, 0.05) is 4.75 Å². The van der Waals surface area contributed by atoms with Gasteiger partial charge in [0.25, 0.3) is 0 Å². The molecule has 0 bridgehead atoms. The van der Waals surface area contributed by atoms with Crippen LogP contribution in [0.4, 0.5) is 0 Å². The van der Waals surface area contributed by atoms with E-state index in [2.05, 4.69) is 32.1 Å². The summed E-state index contributed by atoms with van der Waals surface area (Å²) in [4.78, 5) is 1.25. The number of fused-ring (bicyclic) bond motifs is 1. The zero-order chi connectivity index (χ0) is 10.2. The van der Waals surface area contributed by atoms with Crippen molar-refractivity contribution in [2.45, 2.75) is 23.5 Å². The molecular weight excluding hydrogens is 192 g/mol. The van der Waals surface area contributed by atoms with E-state index in [0.717, 1.165) is 5.75 Å². The highest BCUT2D eigenvalue weighted by molar-refractivity contribution is 8.01. The van der Waals surface area contributed by atoms with Crippen LogP contribution in [0, 0.1) is 0 Å². The lowest BCUT2D eigenvalue weighted by Crippen LogP contribution is -2.13. The van der Waals surface area contributed by atoms with Crippen LogP contribution in [0.5, 0.6) is 5.75 Å². The van der Waals surface area contributed by atoms with Crippen LogP contribution in [-0.2, 0) is 0 Å². The number of benzene rings is 1. The van der Waals surface area contributed by atoms with E-state index in [1.807, 2.05) is 23.9 Å². The van der Waals surface area contributed by atoms with Gasteiger partial charge in [-0.25, -0.2) is 0 Å². The molecule has 0 spiro atoms. The first-order chi connectivity index (χ1) is 6.62. The number of hydrogen-bond acceptors (Lipinski definition) is 2. The minimum atomic E-state index is 0.168. The Kier molecular flexibility index (Phi) is 2.31. The van der Waals surface area contributed by atoms with Gasteiger partial charge in [0.1, 0.15) is 5.75 Å². The molecule has 0 atom stereocenters. The third kappa shape index (κ3) is 1.67. The molecule has 0 radical (unpaired) electrons. The summed E-state index contributed by atoms with van der Waals surface area (Å²) in [6.45, 7) is 4.42. The average molecular weight is 206 g/mol. The van der Waals surface area contributed by atoms with Gasteiger partial charge in [-0.1, -0.05) is 24.3 Å². The molecule has 0 aliphatic carbocycles. The summed E-state index contributed by atoms with van der Waals surface area (Å²) in [5.74, 6) is 0.977. The number of rotatable bonds is 1. The van der Waals surface area contributed by atoms with Crippen LogP contribution < -0.4 is 4.74 Å². The monoisotopic (exact) mass is 206 g/mol. The van der Waals surface area contributed by atoms with Gasteiger partial charge < -0.3 is 4.74 Å². The zero-order valence-electron chi connectivity index (χ0n) is 8.70. The maximum absolute atomic E-state index is 5.35. The molecule has 2 rings (SSSR count). The van der Waals surface area contributed by atoms with Crippen LogP contribution in [0.15, 0.2) is 29.2 Å². The Morgan fingerprint density at radius 2 is 2.07 bits per heavy atom. The van der Waals surface area contributed by atoms with Gasteiger partial charge in [-0.3, -0.25) is 0 Å². The first-order valence-electron chi connectivity index (χ1n) is 4.68. The van der Waals surface area contributed by atoms with Gasteiger partial charge in [-0.2, -0.15) is 0 Å². The molecule has 1 nitrogen and oxygen atoms in total. The minimum Gasteiger partial charge on any atom is -0.496 e. The molecule has 1 aliphatic rings. The van der Waals surface area contributed by atoms with Crippen LogP contribution in [0.3, 0.4) is 0 Å². The molecule has 0 amide bonds. The summed E-state index contributed by atoms with van der Waals surface area (Å²) in [5.41, 5.74) is 1.26. The van der Waals surface area contributed by atoms with Crippen molar-refractivity contribution in [2.75, 3.05) is 7.11 Å². The van der Waals surface area contributed by atoms with Crippen molar-refractivity contribution in [3.63, 3.8) is 0 Å². The molecule has 1 aromatic rings. The van der Waals surface area contributed by atoms with Gasteiger partial charge in [0.05, 0.1) is 12.0 Å². The summed E-state index contributed by atoms with van der Waals surface area (Å²) in [6, 6.07) is 6.17. The van der Waals surface area contributed by atoms with Crippen molar-refractivity contribution in [3.05, 3.63) is 29.8 Å². The van der Waals surface area contributed by atoms with Crippen molar-refractivity contribution >= 4 is 17.8 Å². The van der Waals surface area contributed by atoms with E-state index in [9.17, 15) is 0 Å². The highest BCUT2D eigenvalue weighted by atomic mass is 32.2. The molecular formula is C12H14OS. The van der Waals surface area contributed by atoms with Crippen LogP contribution in [0.2, 0.25) is 0 Å². The fraction of sp³-hybridized carbons (Fsp3) is 0.333. The molecule has 2 heteroatoms. The highest BCUT2D eigenvalue weighted by Gasteiger charge is 2.23. The van der Waals surface area contributed by atoms with E-state index < -0.39 is 0 Å². The van der Waals surface area contributed by atoms with E-state index >= 15 is 0 Å². The second-order valence-corrected chi connectivity index (χ2v) is 5.58.